The molecule has 1 saturated heterocycles. The van der Waals surface area contributed by atoms with Gasteiger partial charge in [-0.05, 0) is 56.1 Å². The Hall–Kier alpha value is -3.02. The lowest BCUT2D eigenvalue weighted by molar-refractivity contribution is -0.223. The number of carbonyl (C=O) groups is 2. The van der Waals surface area contributed by atoms with E-state index in [1.165, 1.54) is 17.0 Å². The predicted molar refractivity (Wildman–Crippen MR) is 120 cm³/mol. The van der Waals surface area contributed by atoms with Gasteiger partial charge in [0.2, 0.25) is 0 Å². The number of rotatable bonds is 2. The average molecular weight is 528 g/mol. The van der Waals surface area contributed by atoms with E-state index in [2.05, 4.69) is 10.4 Å². The van der Waals surface area contributed by atoms with Crippen molar-refractivity contribution in [2.75, 3.05) is 24.1 Å². The number of amides is 2. The lowest BCUT2D eigenvalue weighted by Gasteiger charge is -2.45. The van der Waals surface area contributed by atoms with Crippen molar-refractivity contribution in [1.29, 1.82) is 0 Å². The number of nitrogens with one attached hydrogen (secondary N) is 1. The first-order valence-electron chi connectivity index (χ1n) is 11.7. The van der Waals surface area contributed by atoms with Crippen LogP contribution < -0.4 is 11.1 Å². The van der Waals surface area contributed by atoms with Gasteiger partial charge in [-0.3, -0.25) is 10.1 Å². The van der Waals surface area contributed by atoms with Crippen LogP contribution in [-0.4, -0.2) is 45.9 Å². The van der Waals surface area contributed by atoms with Crippen LogP contribution in [0.4, 0.5) is 33.9 Å². The molecule has 6 rings (SSSR count). The number of alkyl halides is 3. The van der Waals surface area contributed by atoms with E-state index in [4.69, 9.17) is 22.1 Å². The van der Waals surface area contributed by atoms with E-state index < -0.39 is 41.1 Å². The Labute approximate surface area is 207 Å². The van der Waals surface area contributed by atoms with Crippen LogP contribution in [-0.2, 0) is 15.9 Å². The van der Waals surface area contributed by atoms with Gasteiger partial charge in [-0.25, -0.2) is 13.9 Å². The number of fused-ring (bicyclic) bond motifs is 3. The molecule has 4 atom stereocenters. The van der Waals surface area contributed by atoms with Crippen molar-refractivity contribution < 1.29 is 31.9 Å². The van der Waals surface area contributed by atoms with Gasteiger partial charge < -0.3 is 15.4 Å². The molecule has 1 spiro atoms. The Bertz CT molecular complexity index is 1300. The maximum absolute atomic E-state index is 15.1. The van der Waals surface area contributed by atoms with Gasteiger partial charge in [0, 0.05) is 6.54 Å². The van der Waals surface area contributed by atoms with Crippen molar-refractivity contribution in [3.63, 3.8) is 0 Å². The molecule has 13 heteroatoms. The number of piperidine rings is 1. The number of carbonyl (C=O) groups excluding carboxylic acids is 2. The summed E-state index contributed by atoms with van der Waals surface area (Å²) >= 11 is 5.99. The summed E-state index contributed by atoms with van der Waals surface area (Å²) in [5.74, 6) is -2.43. The van der Waals surface area contributed by atoms with Crippen molar-refractivity contribution in [1.82, 2.24) is 14.7 Å². The smallest absolute Gasteiger partial charge is 0.414 e. The fourth-order valence-electron chi connectivity index (χ4n) is 6.44. The third-order valence-electron chi connectivity index (χ3n) is 8.16. The number of aromatic nitrogens is 2. The summed E-state index contributed by atoms with van der Waals surface area (Å²) in [5.41, 5.74) is 2.44. The summed E-state index contributed by atoms with van der Waals surface area (Å²) < 4.78 is 64.3. The molecule has 3 N–H and O–H groups in total. The van der Waals surface area contributed by atoms with Gasteiger partial charge in [0.15, 0.2) is 17.0 Å². The molecule has 2 aromatic rings. The second-order valence-electron chi connectivity index (χ2n) is 10.0. The molecule has 2 saturated carbocycles. The van der Waals surface area contributed by atoms with E-state index in [1.807, 2.05) is 0 Å². The van der Waals surface area contributed by atoms with E-state index >= 15 is 4.39 Å². The maximum atomic E-state index is 15.1. The normalized spacial score (nSPS) is 31.0. The largest absolute Gasteiger partial charge is 0.436 e. The SMILES string of the molecule is Nc1c(C(=O)N2CCC[C@@]3(C2)OC(=O)Nc2ccc(Cl)c(F)c23)cnn1[C@@]1(C(F)(F)F)CC[C@@H]2C[C@@H]21. The summed E-state index contributed by atoms with van der Waals surface area (Å²) in [6.07, 6.45) is -3.03. The highest BCUT2D eigenvalue weighted by Crippen LogP contribution is 2.66. The van der Waals surface area contributed by atoms with Crippen molar-refractivity contribution in [2.24, 2.45) is 11.8 Å². The second-order valence-corrected chi connectivity index (χ2v) is 10.4. The minimum Gasteiger partial charge on any atom is -0.436 e. The molecular formula is C23H22ClF4N5O3. The number of hydrogen-bond donors (Lipinski definition) is 2. The first kappa shape index (κ1) is 23.4. The van der Waals surface area contributed by atoms with Crippen LogP contribution in [0.1, 0.15) is 48.0 Å². The number of nitrogen functional groups attached to an aromatic ring is 1. The van der Waals surface area contributed by atoms with Gasteiger partial charge in [-0.15, -0.1) is 0 Å². The number of nitrogens with two attached hydrogens (primary N) is 1. The van der Waals surface area contributed by atoms with E-state index in [-0.39, 0.29) is 59.5 Å². The van der Waals surface area contributed by atoms with Crippen LogP contribution in [0.2, 0.25) is 5.02 Å². The molecule has 192 valence electrons. The molecular weight excluding hydrogens is 506 g/mol. The van der Waals surface area contributed by atoms with E-state index in [0.717, 1.165) is 10.9 Å². The summed E-state index contributed by atoms with van der Waals surface area (Å²) in [4.78, 5) is 27.1. The Morgan fingerprint density at radius 2 is 2.08 bits per heavy atom. The van der Waals surface area contributed by atoms with Gasteiger partial charge in [0.05, 0.1) is 29.0 Å². The minimum atomic E-state index is -4.58. The molecule has 2 aliphatic heterocycles. The number of nitrogens with zero attached hydrogens (tertiary/aromatic N) is 3. The molecule has 3 fully saturated rings. The van der Waals surface area contributed by atoms with Crippen LogP contribution in [0.3, 0.4) is 0 Å². The fourth-order valence-corrected chi connectivity index (χ4v) is 6.59. The highest BCUT2D eigenvalue weighted by Gasteiger charge is 2.72. The monoisotopic (exact) mass is 527 g/mol. The zero-order valence-electron chi connectivity index (χ0n) is 18.9. The van der Waals surface area contributed by atoms with Crippen LogP contribution >= 0.6 is 11.6 Å². The summed E-state index contributed by atoms with van der Waals surface area (Å²) in [6, 6.07) is 2.76. The summed E-state index contributed by atoms with van der Waals surface area (Å²) in [7, 11) is 0. The van der Waals surface area contributed by atoms with Gasteiger partial charge in [-0.1, -0.05) is 11.6 Å². The molecule has 0 unspecified atom stereocenters. The third kappa shape index (κ3) is 3.09. The van der Waals surface area contributed by atoms with Crippen molar-refractivity contribution in [3.05, 3.63) is 40.3 Å². The molecule has 0 radical (unpaired) electrons. The van der Waals surface area contributed by atoms with Gasteiger partial charge in [-0.2, -0.15) is 18.3 Å². The zero-order chi connectivity index (χ0) is 25.6. The van der Waals surface area contributed by atoms with E-state index in [1.54, 1.807) is 0 Å². The van der Waals surface area contributed by atoms with Crippen LogP contribution in [0.15, 0.2) is 18.3 Å². The first-order valence-corrected chi connectivity index (χ1v) is 12.0. The number of benzene rings is 1. The summed E-state index contributed by atoms with van der Waals surface area (Å²) in [6.45, 7) is -0.00788. The van der Waals surface area contributed by atoms with Gasteiger partial charge in [0.1, 0.15) is 11.4 Å². The molecule has 1 aromatic heterocycles. The lowest BCUT2D eigenvalue weighted by Crippen LogP contribution is -2.53. The maximum Gasteiger partial charge on any atom is 0.414 e. The Kier molecular flexibility index (Phi) is 4.87. The fraction of sp³-hybridized carbons (Fsp3) is 0.522. The Morgan fingerprint density at radius 3 is 2.75 bits per heavy atom. The average Bonchev–Trinajstić information content (AvgIpc) is 3.34. The minimum absolute atomic E-state index is 0.0206. The molecule has 1 aromatic carbocycles. The molecule has 2 aliphatic carbocycles. The molecule has 8 nitrogen and oxygen atoms in total. The van der Waals surface area contributed by atoms with Crippen LogP contribution in [0.25, 0.3) is 0 Å². The topological polar surface area (TPSA) is 102 Å². The molecule has 4 aliphatic rings. The molecule has 2 amide bonds. The quantitative estimate of drug-likeness (QED) is 0.554. The third-order valence-corrected chi connectivity index (χ3v) is 8.45. The number of ether oxygens (including phenoxy) is 1. The van der Waals surface area contributed by atoms with Crippen molar-refractivity contribution in [2.45, 2.75) is 49.4 Å². The molecule has 3 heterocycles. The Morgan fingerprint density at radius 1 is 1.31 bits per heavy atom. The number of likely N-dealkylation sites (tertiary alicyclic amines) is 1. The first-order chi connectivity index (χ1) is 17.0. The van der Waals surface area contributed by atoms with Crippen LogP contribution in [0.5, 0.6) is 0 Å². The number of anilines is 2. The van der Waals surface area contributed by atoms with Gasteiger partial charge in [0.25, 0.3) is 5.91 Å². The van der Waals surface area contributed by atoms with Gasteiger partial charge >= 0.3 is 12.3 Å². The second kappa shape index (κ2) is 7.50. The Balaban J connectivity index is 1.35. The van der Waals surface area contributed by atoms with Crippen LogP contribution in [0, 0.1) is 17.7 Å². The predicted octanol–water partition coefficient (Wildman–Crippen LogP) is 4.64. The zero-order valence-corrected chi connectivity index (χ0v) is 19.6. The molecule has 0 bridgehead atoms. The lowest BCUT2D eigenvalue weighted by atomic mass is 9.83. The van der Waals surface area contributed by atoms with Crippen molar-refractivity contribution in [3.8, 4) is 0 Å². The highest BCUT2D eigenvalue weighted by molar-refractivity contribution is 6.31. The number of hydrogen-bond acceptors (Lipinski definition) is 5. The molecule has 36 heavy (non-hydrogen) atoms. The van der Waals surface area contributed by atoms with E-state index in [9.17, 15) is 22.8 Å². The van der Waals surface area contributed by atoms with E-state index in [0.29, 0.717) is 19.3 Å². The summed E-state index contributed by atoms with van der Waals surface area (Å²) in [5, 5.41) is 6.23. The standard InChI is InChI=1S/C23H22ClF4N5O3/c24-14-2-3-15-16(17(14)25)21(36-20(35)31-15)5-1-7-32(10-21)19(34)12-9-30-33(18(12)29)22(23(26,27)28)6-4-11-8-13(11)22/h2-3,9,11,13H,1,4-8,10,29H2,(H,31,35)/t11-,13+,21+,22+/m1/s1. The highest BCUT2D eigenvalue weighted by atomic mass is 35.5. The van der Waals surface area contributed by atoms with Crippen molar-refractivity contribution >= 4 is 35.1 Å². The number of halogens is 5.